The molecule has 4 rings (SSSR count). The van der Waals surface area contributed by atoms with Crippen molar-refractivity contribution in [2.45, 2.75) is 6.92 Å². The minimum absolute atomic E-state index is 0.216. The number of halogens is 2. The Morgan fingerprint density at radius 1 is 1.23 bits per heavy atom. The summed E-state index contributed by atoms with van der Waals surface area (Å²) < 4.78 is 3.44. The molecule has 0 saturated carbocycles. The number of hydrogen-bond acceptors (Lipinski definition) is 4. The molecule has 2 aromatic carbocycles. The molecule has 5 nitrogen and oxygen atoms in total. The molecule has 4 aromatic rings. The van der Waals surface area contributed by atoms with Crippen molar-refractivity contribution in [3.05, 3.63) is 69.3 Å². The fourth-order valence-corrected chi connectivity index (χ4v) is 4.18. The first-order valence-corrected chi connectivity index (χ1v) is 9.69. The lowest BCUT2D eigenvalue weighted by atomic mass is 10.2. The van der Waals surface area contributed by atoms with Gasteiger partial charge in [-0.3, -0.25) is 4.79 Å². The standard InChI is InChI=1S/C18H12BrClN4OS/c1-10-8-15(21-17(25)11-4-2-5-12(19)9-11)24(23-10)18-22-16-13(20)6-3-7-14(16)26-18/h2-9H,1H3,(H,21,25). The van der Waals surface area contributed by atoms with Gasteiger partial charge in [-0.05, 0) is 37.3 Å². The Hall–Kier alpha value is -2.22. The number of hydrogen-bond donors (Lipinski definition) is 1. The smallest absolute Gasteiger partial charge is 0.256 e. The first-order valence-electron chi connectivity index (χ1n) is 7.70. The van der Waals surface area contributed by atoms with Crippen LogP contribution in [0.2, 0.25) is 5.02 Å². The van der Waals surface area contributed by atoms with E-state index in [0.717, 1.165) is 20.4 Å². The summed E-state index contributed by atoms with van der Waals surface area (Å²) in [5.41, 5.74) is 2.06. The molecule has 2 heterocycles. The first-order chi connectivity index (χ1) is 12.5. The van der Waals surface area contributed by atoms with Crippen molar-refractivity contribution in [3.8, 4) is 5.13 Å². The Kier molecular flexibility index (Phi) is 4.52. The number of anilines is 1. The molecule has 0 fully saturated rings. The molecular weight excluding hydrogens is 436 g/mol. The van der Waals surface area contributed by atoms with Crippen LogP contribution in [0.1, 0.15) is 16.1 Å². The highest BCUT2D eigenvalue weighted by molar-refractivity contribution is 9.10. The highest BCUT2D eigenvalue weighted by Gasteiger charge is 2.16. The number of aryl methyl sites for hydroxylation is 1. The number of thiazole rings is 1. The van der Waals surface area contributed by atoms with Crippen molar-refractivity contribution in [1.82, 2.24) is 14.8 Å². The monoisotopic (exact) mass is 446 g/mol. The molecule has 8 heteroatoms. The number of fused-ring (bicyclic) bond motifs is 1. The SMILES string of the molecule is Cc1cc(NC(=O)c2cccc(Br)c2)n(-c2nc3c(Cl)cccc3s2)n1. The van der Waals surface area contributed by atoms with E-state index in [-0.39, 0.29) is 5.91 Å². The number of carbonyl (C=O) groups is 1. The minimum Gasteiger partial charge on any atom is -0.306 e. The van der Waals surface area contributed by atoms with Crippen LogP contribution in [0.4, 0.5) is 5.82 Å². The van der Waals surface area contributed by atoms with Crippen LogP contribution >= 0.6 is 38.9 Å². The molecule has 1 amide bonds. The topological polar surface area (TPSA) is 59.8 Å². The lowest BCUT2D eigenvalue weighted by Gasteiger charge is -2.06. The molecule has 130 valence electrons. The molecule has 0 aliphatic rings. The molecule has 0 aliphatic carbocycles. The Morgan fingerprint density at radius 3 is 2.81 bits per heavy atom. The second-order valence-electron chi connectivity index (χ2n) is 5.63. The summed E-state index contributed by atoms with van der Waals surface area (Å²) in [5.74, 6) is 0.342. The maximum absolute atomic E-state index is 12.6. The Labute approximate surface area is 166 Å². The van der Waals surface area contributed by atoms with Crippen LogP contribution in [0.3, 0.4) is 0 Å². The number of amides is 1. The van der Waals surface area contributed by atoms with E-state index in [4.69, 9.17) is 11.6 Å². The molecular formula is C18H12BrClN4OS. The zero-order valence-electron chi connectivity index (χ0n) is 13.5. The number of aromatic nitrogens is 3. The third-order valence-electron chi connectivity index (χ3n) is 3.70. The highest BCUT2D eigenvalue weighted by Crippen LogP contribution is 2.31. The van der Waals surface area contributed by atoms with E-state index in [0.29, 0.717) is 21.5 Å². The third-order valence-corrected chi connectivity index (χ3v) is 5.49. The van der Waals surface area contributed by atoms with Gasteiger partial charge >= 0.3 is 0 Å². The van der Waals surface area contributed by atoms with Crippen LogP contribution in [0.15, 0.2) is 53.0 Å². The molecule has 0 aliphatic heterocycles. The third kappa shape index (κ3) is 3.25. The van der Waals surface area contributed by atoms with Gasteiger partial charge in [-0.15, -0.1) is 0 Å². The van der Waals surface area contributed by atoms with Crippen molar-refractivity contribution >= 4 is 60.8 Å². The van der Waals surface area contributed by atoms with Gasteiger partial charge in [-0.2, -0.15) is 9.78 Å². The largest absolute Gasteiger partial charge is 0.306 e. The molecule has 0 spiro atoms. The van der Waals surface area contributed by atoms with E-state index in [9.17, 15) is 4.79 Å². The fraction of sp³-hybridized carbons (Fsp3) is 0.0556. The number of carbonyl (C=O) groups excluding carboxylic acids is 1. The van der Waals surface area contributed by atoms with Gasteiger partial charge in [0.1, 0.15) is 11.3 Å². The van der Waals surface area contributed by atoms with Crippen molar-refractivity contribution in [2.24, 2.45) is 0 Å². The van der Waals surface area contributed by atoms with E-state index in [1.165, 1.54) is 11.3 Å². The Balaban J connectivity index is 1.72. The van der Waals surface area contributed by atoms with Gasteiger partial charge in [0.2, 0.25) is 5.13 Å². The number of nitrogens with zero attached hydrogens (tertiary/aromatic N) is 3. The molecule has 0 radical (unpaired) electrons. The van der Waals surface area contributed by atoms with Gasteiger partial charge in [0.25, 0.3) is 5.91 Å². The van der Waals surface area contributed by atoms with Crippen LogP contribution in [0, 0.1) is 6.92 Å². The van der Waals surface area contributed by atoms with Crippen molar-refractivity contribution in [3.63, 3.8) is 0 Å². The summed E-state index contributed by atoms with van der Waals surface area (Å²) in [5, 5.41) is 8.61. The lowest BCUT2D eigenvalue weighted by molar-refractivity contribution is 0.102. The van der Waals surface area contributed by atoms with Crippen LogP contribution < -0.4 is 5.32 Å². The van der Waals surface area contributed by atoms with E-state index in [1.807, 2.05) is 37.3 Å². The van der Waals surface area contributed by atoms with Gasteiger partial charge < -0.3 is 5.32 Å². The van der Waals surface area contributed by atoms with Crippen molar-refractivity contribution < 1.29 is 4.79 Å². The van der Waals surface area contributed by atoms with Gasteiger partial charge in [-0.1, -0.05) is 51.0 Å². The maximum Gasteiger partial charge on any atom is 0.256 e. The summed E-state index contributed by atoms with van der Waals surface area (Å²) >= 11 is 11.1. The zero-order chi connectivity index (χ0) is 18.3. The second-order valence-corrected chi connectivity index (χ2v) is 7.96. The predicted octanol–water partition coefficient (Wildman–Crippen LogP) is 5.46. The Bertz CT molecular complexity index is 1140. The number of benzene rings is 2. The Morgan fingerprint density at radius 2 is 2.04 bits per heavy atom. The number of rotatable bonds is 3. The average Bonchev–Trinajstić information content (AvgIpc) is 3.19. The second kappa shape index (κ2) is 6.83. The normalized spacial score (nSPS) is 11.0. The zero-order valence-corrected chi connectivity index (χ0v) is 16.7. The molecule has 26 heavy (non-hydrogen) atoms. The summed E-state index contributed by atoms with van der Waals surface area (Å²) in [6, 6.07) is 14.7. The number of nitrogens with one attached hydrogen (secondary N) is 1. The quantitative estimate of drug-likeness (QED) is 0.454. The van der Waals surface area contributed by atoms with Crippen LogP contribution in [0.25, 0.3) is 15.3 Å². The lowest BCUT2D eigenvalue weighted by Crippen LogP contribution is -2.15. The molecule has 0 bridgehead atoms. The van der Waals surface area contributed by atoms with E-state index in [1.54, 1.807) is 22.9 Å². The summed E-state index contributed by atoms with van der Waals surface area (Å²) in [6.45, 7) is 1.87. The molecule has 0 atom stereocenters. The summed E-state index contributed by atoms with van der Waals surface area (Å²) in [4.78, 5) is 17.2. The van der Waals surface area contributed by atoms with Crippen LogP contribution in [-0.2, 0) is 0 Å². The summed E-state index contributed by atoms with van der Waals surface area (Å²) in [7, 11) is 0. The van der Waals surface area contributed by atoms with E-state index in [2.05, 4.69) is 31.3 Å². The van der Waals surface area contributed by atoms with Gasteiger partial charge in [0.05, 0.1) is 15.4 Å². The van der Waals surface area contributed by atoms with Crippen molar-refractivity contribution in [2.75, 3.05) is 5.32 Å². The molecule has 1 N–H and O–H groups in total. The fourth-order valence-electron chi connectivity index (χ4n) is 2.55. The summed E-state index contributed by atoms with van der Waals surface area (Å²) in [6.07, 6.45) is 0. The first kappa shape index (κ1) is 17.2. The maximum atomic E-state index is 12.6. The molecule has 2 aromatic heterocycles. The van der Waals surface area contributed by atoms with Gasteiger partial charge in [-0.25, -0.2) is 4.98 Å². The molecule has 0 saturated heterocycles. The van der Waals surface area contributed by atoms with E-state index >= 15 is 0 Å². The molecule has 0 unspecified atom stereocenters. The number of para-hydroxylation sites is 1. The minimum atomic E-state index is -0.216. The van der Waals surface area contributed by atoms with Crippen LogP contribution in [0.5, 0.6) is 0 Å². The van der Waals surface area contributed by atoms with Gasteiger partial charge in [0.15, 0.2) is 0 Å². The highest BCUT2D eigenvalue weighted by atomic mass is 79.9. The average molecular weight is 448 g/mol. The van der Waals surface area contributed by atoms with Gasteiger partial charge in [0, 0.05) is 16.1 Å². The van der Waals surface area contributed by atoms with E-state index < -0.39 is 0 Å². The van der Waals surface area contributed by atoms with Crippen molar-refractivity contribution in [1.29, 1.82) is 0 Å². The predicted molar refractivity (Wildman–Crippen MR) is 109 cm³/mol. The van der Waals surface area contributed by atoms with Crippen LogP contribution in [-0.4, -0.2) is 20.7 Å².